The van der Waals surface area contributed by atoms with Gasteiger partial charge in [-0.25, -0.2) is 4.79 Å². The fraction of sp³-hybridized carbons (Fsp3) is 0.600. The molecule has 184 valence electrons. The van der Waals surface area contributed by atoms with Crippen molar-refractivity contribution in [1.82, 2.24) is 14.7 Å². The summed E-state index contributed by atoms with van der Waals surface area (Å²) >= 11 is 0. The molecule has 1 unspecified atom stereocenters. The lowest BCUT2D eigenvalue weighted by Gasteiger charge is -2.38. The van der Waals surface area contributed by atoms with Crippen molar-refractivity contribution >= 4 is 6.09 Å². The van der Waals surface area contributed by atoms with Gasteiger partial charge in [0.1, 0.15) is 5.75 Å². The summed E-state index contributed by atoms with van der Waals surface area (Å²) in [6.45, 7) is 12.9. The molecule has 1 heterocycles. The highest BCUT2D eigenvalue weighted by molar-refractivity contribution is 5.64. The van der Waals surface area contributed by atoms with Gasteiger partial charge >= 0.3 is 6.09 Å². The van der Waals surface area contributed by atoms with Gasteiger partial charge in [-0.15, -0.1) is 0 Å². The molecular weight excluding hydrogens is 420 g/mol. The number of methoxy groups -OCH3 is 1. The average molecular weight is 461 g/mol. The van der Waals surface area contributed by atoms with Gasteiger partial charge in [-0.3, -0.25) is 9.58 Å². The maximum absolute atomic E-state index is 11.0. The Morgan fingerprint density at radius 2 is 1.85 bits per heavy atom. The quantitative estimate of drug-likeness (QED) is 0.507. The Hall–Kier alpha value is -2.58. The number of nitrogens with zero attached hydrogens (tertiary/aromatic N) is 3. The van der Waals surface area contributed by atoms with Crippen molar-refractivity contribution < 1.29 is 19.0 Å². The first-order chi connectivity index (χ1) is 15.5. The number of amides is 1. The van der Waals surface area contributed by atoms with Gasteiger partial charge in [-0.1, -0.05) is 20.8 Å². The molecular formula is C25H40N4O4. The highest BCUT2D eigenvalue weighted by atomic mass is 16.5. The maximum atomic E-state index is 11.0. The van der Waals surface area contributed by atoms with Crippen LogP contribution >= 0.6 is 0 Å². The van der Waals surface area contributed by atoms with E-state index in [0.29, 0.717) is 32.7 Å². The monoisotopic (exact) mass is 460 g/mol. The minimum Gasteiger partial charge on any atom is -0.491 e. The zero-order chi connectivity index (χ0) is 24.6. The lowest BCUT2D eigenvalue weighted by atomic mass is 9.83. The molecule has 0 bridgehead atoms. The van der Waals surface area contributed by atoms with E-state index in [1.54, 1.807) is 7.11 Å². The molecule has 8 heteroatoms. The molecule has 0 saturated heterocycles. The van der Waals surface area contributed by atoms with Crippen molar-refractivity contribution in [3.05, 3.63) is 36.0 Å². The summed E-state index contributed by atoms with van der Waals surface area (Å²) in [7, 11) is 3.78. The van der Waals surface area contributed by atoms with Gasteiger partial charge in [0, 0.05) is 37.0 Å². The lowest BCUT2D eigenvalue weighted by molar-refractivity contribution is 0.0813. The number of primary amides is 1. The molecule has 2 aromatic rings. The largest absolute Gasteiger partial charge is 0.491 e. The van der Waals surface area contributed by atoms with Gasteiger partial charge in [0.2, 0.25) is 0 Å². The first-order valence-electron chi connectivity index (χ1n) is 11.5. The predicted molar refractivity (Wildman–Crippen MR) is 130 cm³/mol. The number of carbonyl (C=O) groups excluding carboxylic acids is 1. The number of rotatable bonds is 12. The van der Waals surface area contributed by atoms with Crippen LogP contribution in [-0.4, -0.2) is 60.3 Å². The van der Waals surface area contributed by atoms with E-state index >= 15 is 0 Å². The SMILES string of the molecule is COCCn1cc(CN(C)C(CCOC(N)=O)C(C)(C)C)c(-c2ccc(OC(C)C)cc2)n1. The van der Waals surface area contributed by atoms with E-state index in [4.69, 9.17) is 25.0 Å². The number of ether oxygens (including phenoxy) is 3. The first kappa shape index (κ1) is 26.7. The van der Waals surface area contributed by atoms with E-state index in [2.05, 4.69) is 38.9 Å². The maximum Gasteiger partial charge on any atom is 0.404 e. The normalized spacial score (nSPS) is 12.9. The Morgan fingerprint density at radius 1 is 1.18 bits per heavy atom. The van der Waals surface area contributed by atoms with Crippen LogP contribution in [0.3, 0.4) is 0 Å². The van der Waals surface area contributed by atoms with E-state index in [1.165, 1.54) is 0 Å². The van der Waals surface area contributed by atoms with Crippen molar-refractivity contribution in [2.45, 2.75) is 66.3 Å². The summed E-state index contributed by atoms with van der Waals surface area (Å²) in [5, 5.41) is 4.85. The highest BCUT2D eigenvalue weighted by Crippen LogP contribution is 2.30. The second kappa shape index (κ2) is 12.0. The zero-order valence-corrected chi connectivity index (χ0v) is 21.1. The molecule has 0 spiro atoms. The molecule has 1 aromatic heterocycles. The standard InChI is InChI=1S/C25H40N4O4/c1-18(2)33-21-10-8-19(9-11-21)23-20(17-29(27-23)13-15-31-7)16-28(6)22(25(3,4)5)12-14-32-24(26)30/h8-11,17-18,22H,12-16H2,1-7H3,(H2,26,30). The van der Waals surface area contributed by atoms with Crippen LogP contribution in [-0.2, 0) is 22.6 Å². The van der Waals surface area contributed by atoms with E-state index < -0.39 is 6.09 Å². The Morgan fingerprint density at radius 3 is 2.39 bits per heavy atom. The summed E-state index contributed by atoms with van der Waals surface area (Å²) in [5.41, 5.74) is 8.23. The third kappa shape index (κ3) is 8.37. The minimum atomic E-state index is -0.739. The number of hydrogen-bond donors (Lipinski definition) is 1. The van der Waals surface area contributed by atoms with Crippen LogP contribution in [0.15, 0.2) is 30.5 Å². The van der Waals surface area contributed by atoms with Gasteiger partial charge in [0.25, 0.3) is 0 Å². The van der Waals surface area contributed by atoms with Crippen molar-refractivity contribution in [2.24, 2.45) is 11.1 Å². The average Bonchev–Trinajstić information content (AvgIpc) is 3.11. The van der Waals surface area contributed by atoms with Crippen molar-refractivity contribution in [1.29, 1.82) is 0 Å². The van der Waals surface area contributed by atoms with Gasteiger partial charge in [-0.2, -0.15) is 5.10 Å². The molecule has 0 fully saturated rings. The Labute approximate surface area is 198 Å². The summed E-state index contributed by atoms with van der Waals surface area (Å²) in [5.74, 6) is 0.841. The molecule has 0 aliphatic rings. The number of aromatic nitrogens is 2. The van der Waals surface area contributed by atoms with E-state index in [-0.39, 0.29) is 17.6 Å². The van der Waals surface area contributed by atoms with Crippen LogP contribution < -0.4 is 10.5 Å². The third-order valence-corrected chi connectivity index (χ3v) is 5.45. The fourth-order valence-electron chi connectivity index (χ4n) is 4.05. The Balaban J connectivity index is 2.29. The van der Waals surface area contributed by atoms with Gasteiger partial charge in [0.15, 0.2) is 0 Å². The number of hydrogen-bond acceptors (Lipinski definition) is 6. The second-order valence-corrected chi connectivity index (χ2v) is 9.70. The highest BCUT2D eigenvalue weighted by Gasteiger charge is 2.29. The number of benzene rings is 1. The summed E-state index contributed by atoms with van der Waals surface area (Å²) in [6, 6.07) is 8.23. The molecule has 8 nitrogen and oxygen atoms in total. The molecule has 1 amide bonds. The van der Waals surface area contributed by atoms with Crippen LogP contribution in [0, 0.1) is 5.41 Å². The van der Waals surface area contributed by atoms with Crippen molar-refractivity contribution in [2.75, 3.05) is 27.4 Å². The topological polar surface area (TPSA) is 91.8 Å². The lowest BCUT2D eigenvalue weighted by Crippen LogP contribution is -2.42. The molecule has 0 aliphatic heterocycles. The third-order valence-electron chi connectivity index (χ3n) is 5.45. The summed E-state index contributed by atoms with van der Waals surface area (Å²) in [6.07, 6.45) is 2.17. The summed E-state index contributed by atoms with van der Waals surface area (Å²) < 4.78 is 18.0. The summed E-state index contributed by atoms with van der Waals surface area (Å²) in [4.78, 5) is 13.3. The van der Waals surface area contributed by atoms with Gasteiger partial charge in [-0.05, 0) is 57.0 Å². The van der Waals surface area contributed by atoms with Crippen LogP contribution in [0.25, 0.3) is 11.3 Å². The minimum absolute atomic E-state index is 0.0161. The van der Waals surface area contributed by atoms with E-state index in [9.17, 15) is 4.79 Å². The van der Waals surface area contributed by atoms with Gasteiger partial charge < -0.3 is 19.9 Å². The number of carbonyl (C=O) groups is 1. The van der Waals surface area contributed by atoms with Crippen LogP contribution in [0.2, 0.25) is 0 Å². The van der Waals surface area contributed by atoms with Crippen LogP contribution in [0.5, 0.6) is 5.75 Å². The second-order valence-electron chi connectivity index (χ2n) is 9.70. The molecule has 2 rings (SSSR count). The van der Waals surface area contributed by atoms with E-state index in [0.717, 1.165) is 22.6 Å². The van der Waals surface area contributed by atoms with Crippen molar-refractivity contribution in [3.8, 4) is 17.0 Å². The molecule has 33 heavy (non-hydrogen) atoms. The van der Waals surface area contributed by atoms with Crippen LogP contribution in [0.1, 0.15) is 46.6 Å². The molecule has 0 aliphatic carbocycles. The molecule has 1 aromatic carbocycles. The molecule has 0 saturated carbocycles. The molecule has 0 radical (unpaired) electrons. The van der Waals surface area contributed by atoms with E-state index in [1.807, 2.05) is 42.8 Å². The smallest absolute Gasteiger partial charge is 0.404 e. The molecule has 1 atom stereocenters. The zero-order valence-electron chi connectivity index (χ0n) is 21.1. The predicted octanol–water partition coefficient (Wildman–Crippen LogP) is 4.32. The van der Waals surface area contributed by atoms with Gasteiger partial charge in [0.05, 0.1) is 31.6 Å². The van der Waals surface area contributed by atoms with Crippen molar-refractivity contribution in [3.63, 3.8) is 0 Å². The molecule has 2 N–H and O–H groups in total. The first-order valence-corrected chi connectivity index (χ1v) is 11.5. The Kier molecular flexibility index (Phi) is 9.73. The number of nitrogens with two attached hydrogens (primary N) is 1. The Bertz CT molecular complexity index is 872. The fourth-order valence-corrected chi connectivity index (χ4v) is 4.05. The van der Waals surface area contributed by atoms with Crippen LogP contribution in [0.4, 0.5) is 4.79 Å².